The van der Waals surface area contributed by atoms with Gasteiger partial charge < -0.3 is 15.2 Å². The highest BCUT2D eigenvalue weighted by molar-refractivity contribution is 5.94. The summed E-state index contributed by atoms with van der Waals surface area (Å²) in [6.45, 7) is 8.89. The molecule has 0 aliphatic heterocycles. The third-order valence-corrected chi connectivity index (χ3v) is 3.23. The van der Waals surface area contributed by atoms with E-state index in [1.165, 1.54) is 0 Å². The maximum absolute atomic E-state index is 12.1. The van der Waals surface area contributed by atoms with Gasteiger partial charge in [0, 0.05) is 18.7 Å². The molecule has 0 radical (unpaired) electrons. The molecule has 0 unspecified atom stereocenters. The van der Waals surface area contributed by atoms with Crippen LogP contribution in [0.4, 0.5) is 0 Å². The fourth-order valence-corrected chi connectivity index (χ4v) is 2.02. The summed E-state index contributed by atoms with van der Waals surface area (Å²) in [6, 6.07) is 7.17. The van der Waals surface area contributed by atoms with Crippen molar-refractivity contribution >= 4 is 5.91 Å². The van der Waals surface area contributed by atoms with Crippen LogP contribution in [-0.2, 0) is 0 Å². The molecule has 0 bridgehead atoms. The summed E-state index contributed by atoms with van der Waals surface area (Å²) in [5.74, 6) is 0.688. The van der Waals surface area contributed by atoms with E-state index in [-0.39, 0.29) is 24.0 Å². The van der Waals surface area contributed by atoms with Gasteiger partial charge in [0.1, 0.15) is 5.75 Å². The zero-order valence-electron chi connectivity index (χ0n) is 13.5. The summed E-state index contributed by atoms with van der Waals surface area (Å²) < 4.78 is 5.55. The molecule has 0 fully saturated rings. The van der Waals surface area contributed by atoms with Gasteiger partial charge in [-0.2, -0.15) is 0 Å². The van der Waals surface area contributed by atoms with E-state index in [1.807, 2.05) is 26.0 Å². The Balaban J connectivity index is 2.52. The SMILES string of the molecule is CC(C)Oc1ccc(C(=O)NCC(C)(C)CCCO)cc1. The molecule has 1 rings (SSSR count). The number of hydrogen-bond donors (Lipinski definition) is 2. The molecule has 1 amide bonds. The van der Waals surface area contributed by atoms with Gasteiger partial charge in [-0.25, -0.2) is 0 Å². The molecule has 0 aliphatic rings. The number of rotatable bonds is 8. The molecule has 1 aromatic rings. The lowest BCUT2D eigenvalue weighted by Gasteiger charge is -2.24. The second kappa shape index (κ2) is 8.03. The van der Waals surface area contributed by atoms with Gasteiger partial charge in [0.2, 0.25) is 0 Å². The molecule has 0 aliphatic carbocycles. The van der Waals surface area contributed by atoms with E-state index in [4.69, 9.17) is 9.84 Å². The Hall–Kier alpha value is -1.55. The highest BCUT2D eigenvalue weighted by Gasteiger charge is 2.18. The van der Waals surface area contributed by atoms with Gasteiger partial charge >= 0.3 is 0 Å². The van der Waals surface area contributed by atoms with E-state index >= 15 is 0 Å². The molecule has 0 spiro atoms. The molecule has 0 saturated heterocycles. The first kappa shape index (κ1) is 17.5. The third-order valence-electron chi connectivity index (χ3n) is 3.23. The molecular weight excluding hydrogens is 266 g/mol. The minimum atomic E-state index is -0.0804. The van der Waals surface area contributed by atoms with Crippen molar-refractivity contribution in [1.29, 1.82) is 0 Å². The zero-order valence-corrected chi connectivity index (χ0v) is 13.5. The molecule has 21 heavy (non-hydrogen) atoms. The number of carbonyl (C=O) groups excluding carboxylic acids is 1. The van der Waals surface area contributed by atoms with Crippen molar-refractivity contribution in [2.24, 2.45) is 5.41 Å². The molecule has 0 saturated carbocycles. The number of hydrogen-bond acceptors (Lipinski definition) is 3. The summed E-state index contributed by atoms with van der Waals surface area (Å²) in [4.78, 5) is 12.1. The van der Waals surface area contributed by atoms with Crippen molar-refractivity contribution in [2.75, 3.05) is 13.2 Å². The fourth-order valence-electron chi connectivity index (χ4n) is 2.02. The van der Waals surface area contributed by atoms with E-state index in [1.54, 1.807) is 12.1 Å². The summed E-state index contributed by atoms with van der Waals surface area (Å²) in [5.41, 5.74) is 0.614. The van der Waals surface area contributed by atoms with Crippen molar-refractivity contribution in [2.45, 2.75) is 46.6 Å². The van der Waals surface area contributed by atoms with Crippen LogP contribution in [0.3, 0.4) is 0 Å². The van der Waals surface area contributed by atoms with Crippen LogP contribution in [0.15, 0.2) is 24.3 Å². The molecular formula is C17H27NO3. The largest absolute Gasteiger partial charge is 0.491 e. The molecule has 1 aromatic carbocycles. The van der Waals surface area contributed by atoms with Crippen molar-refractivity contribution in [3.63, 3.8) is 0 Å². The molecule has 0 aromatic heterocycles. The molecule has 2 N–H and O–H groups in total. The molecule has 118 valence electrons. The Kier molecular flexibility index (Phi) is 6.69. The fraction of sp³-hybridized carbons (Fsp3) is 0.588. The van der Waals surface area contributed by atoms with Gasteiger partial charge in [0.05, 0.1) is 6.10 Å². The van der Waals surface area contributed by atoms with E-state index in [0.29, 0.717) is 12.1 Å². The maximum Gasteiger partial charge on any atom is 0.251 e. The Morgan fingerprint density at radius 1 is 1.29 bits per heavy atom. The third kappa shape index (κ3) is 6.63. The monoisotopic (exact) mass is 293 g/mol. The lowest BCUT2D eigenvalue weighted by Crippen LogP contribution is -2.34. The lowest BCUT2D eigenvalue weighted by molar-refractivity contribution is 0.0933. The first-order valence-electron chi connectivity index (χ1n) is 7.50. The van der Waals surface area contributed by atoms with E-state index in [9.17, 15) is 4.79 Å². The number of aliphatic hydroxyl groups is 1. The summed E-state index contributed by atoms with van der Waals surface area (Å²) in [6.07, 6.45) is 1.76. The van der Waals surface area contributed by atoms with Crippen molar-refractivity contribution < 1.29 is 14.6 Å². The molecule has 0 atom stereocenters. The molecule has 0 heterocycles. The Labute approximate surface area is 127 Å². The zero-order chi connectivity index (χ0) is 15.9. The van der Waals surface area contributed by atoms with Crippen LogP contribution in [0.2, 0.25) is 0 Å². The quantitative estimate of drug-likeness (QED) is 0.774. The van der Waals surface area contributed by atoms with Gasteiger partial charge in [0.25, 0.3) is 5.91 Å². The number of ether oxygens (including phenoxy) is 1. The number of aliphatic hydroxyl groups excluding tert-OH is 1. The summed E-state index contributed by atoms with van der Waals surface area (Å²) in [7, 11) is 0. The van der Waals surface area contributed by atoms with Crippen LogP contribution in [0, 0.1) is 5.41 Å². The van der Waals surface area contributed by atoms with Gasteiger partial charge in [-0.1, -0.05) is 13.8 Å². The van der Waals surface area contributed by atoms with Crippen molar-refractivity contribution in [3.8, 4) is 5.75 Å². The average Bonchev–Trinajstić information content (AvgIpc) is 2.43. The van der Waals surface area contributed by atoms with Crippen LogP contribution in [0.25, 0.3) is 0 Å². The van der Waals surface area contributed by atoms with Gasteiger partial charge in [-0.15, -0.1) is 0 Å². The average molecular weight is 293 g/mol. The van der Waals surface area contributed by atoms with Gasteiger partial charge in [-0.3, -0.25) is 4.79 Å². The number of carbonyl (C=O) groups is 1. The number of nitrogens with one attached hydrogen (secondary N) is 1. The van der Waals surface area contributed by atoms with Crippen LogP contribution >= 0.6 is 0 Å². The van der Waals surface area contributed by atoms with E-state index < -0.39 is 0 Å². The second-order valence-electron chi connectivity index (χ2n) is 6.37. The molecule has 4 heteroatoms. The topological polar surface area (TPSA) is 58.6 Å². The van der Waals surface area contributed by atoms with Crippen molar-refractivity contribution in [1.82, 2.24) is 5.32 Å². The minimum absolute atomic E-state index is 0.0148. The predicted octanol–water partition coefficient (Wildman–Crippen LogP) is 3.00. The van der Waals surface area contributed by atoms with Gasteiger partial charge in [-0.05, 0) is 56.4 Å². The predicted molar refractivity (Wildman–Crippen MR) is 84.6 cm³/mol. The van der Waals surface area contributed by atoms with Gasteiger partial charge in [0.15, 0.2) is 0 Å². The van der Waals surface area contributed by atoms with E-state index in [0.717, 1.165) is 18.6 Å². The van der Waals surface area contributed by atoms with Crippen LogP contribution in [0.1, 0.15) is 50.9 Å². The number of amides is 1. The Morgan fingerprint density at radius 3 is 2.43 bits per heavy atom. The van der Waals surface area contributed by atoms with E-state index in [2.05, 4.69) is 19.2 Å². The van der Waals surface area contributed by atoms with Crippen molar-refractivity contribution in [3.05, 3.63) is 29.8 Å². The smallest absolute Gasteiger partial charge is 0.251 e. The highest BCUT2D eigenvalue weighted by Crippen LogP contribution is 2.21. The standard InChI is InChI=1S/C17H27NO3/c1-13(2)21-15-8-6-14(7-9-15)16(20)18-12-17(3,4)10-5-11-19/h6-9,13,19H,5,10-12H2,1-4H3,(H,18,20). The highest BCUT2D eigenvalue weighted by atomic mass is 16.5. The minimum Gasteiger partial charge on any atom is -0.491 e. The maximum atomic E-state index is 12.1. The first-order chi connectivity index (χ1) is 9.84. The van der Waals surface area contributed by atoms with Crippen LogP contribution in [0.5, 0.6) is 5.75 Å². The van der Waals surface area contributed by atoms with Crippen LogP contribution < -0.4 is 10.1 Å². The normalized spacial score (nSPS) is 11.5. The second-order valence-corrected chi connectivity index (χ2v) is 6.37. The lowest BCUT2D eigenvalue weighted by atomic mass is 9.88. The molecule has 4 nitrogen and oxygen atoms in total. The summed E-state index contributed by atoms with van der Waals surface area (Å²) in [5, 5.41) is 11.8. The first-order valence-corrected chi connectivity index (χ1v) is 7.50. The Bertz CT molecular complexity index is 438. The summed E-state index contributed by atoms with van der Waals surface area (Å²) >= 11 is 0. The Morgan fingerprint density at radius 2 is 1.90 bits per heavy atom. The number of benzene rings is 1. The van der Waals surface area contributed by atoms with Crippen LogP contribution in [-0.4, -0.2) is 30.3 Å².